The van der Waals surface area contributed by atoms with Gasteiger partial charge in [-0.1, -0.05) is 23.7 Å². The predicted octanol–water partition coefficient (Wildman–Crippen LogP) is 2.45. The Bertz CT molecular complexity index is 364. The van der Waals surface area contributed by atoms with Gasteiger partial charge in [0.2, 0.25) is 0 Å². The number of carboxylic acids is 1. The molecule has 0 fully saturated rings. The maximum atomic E-state index is 9.00. The van der Waals surface area contributed by atoms with E-state index in [2.05, 4.69) is 5.92 Å². The molecule has 4 heteroatoms. The predicted molar refractivity (Wildman–Crippen MR) is 65.1 cm³/mol. The zero-order valence-electron chi connectivity index (χ0n) is 8.98. The third-order valence-corrected chi connectivity index (χ3v) is 1.89. The van der Waals surface area contributed by atoms with Crippen LogP contribution in [0.4, 0.5) is 0 Å². The van der Waals surface area contributed by atoms with Gasteiger partial charge in [-0.05, 0) is 17.7 Å². The Balaban J connectivity index is 0.000000487. The van der Waals surface area contributed by atoms with Crippen LogP contribution >= 0.6 is 11.6 Å². The Hall–Kier alpha value is -1.50. The Kier molecular flexibility index (Phi) is 7.02. The fourth-order valence-corrected chi connectivity index (χ4v) is 1.08. The second-order valence-electron chi connectivity index (χ2n) is 3.09. The molecule has 0 aliphatic rings. The van der Waals surface area contributed by atoms with Crippen molar-refractivity contribution in [3.05, 3.63) is 34.9 Å². The van der Waals surface area contributed by atoms with Gasteiger partial charge in [-0.3, -0.25) is 4.79 Å². The average molecular weight is 240 g/mol. The highest BCUT2D eigenvalue weighted by atomic mass is 35.5. The van der Waals surface area contributed by atoms with Crippen LogP contribution in [-0.4, -0.2) is 11.1 Å². The molecule has 1 aromatic rings. The lowest BCUT2D eigenvalue weighted by Crippen LogP contribution is -2.08. The van der Waals surface area contributed by atoms with Gasteiger partial charge >= 0.3 is 0 Å². The molecule has 3 N–H and O–H groups in total. The monoisotopic (exact) mass is 239 g/mol. The SMILES string of the molecule is C#CCC(N)c1ccc(Cl)cc1.CC(=O)O. The number of halogens is 1. The second kappa shape index (κ2) is 7.75. The number of terminal acetylenes is 1. The van der Waals surface area contributed by atoms with Crippen molar-refractivity contribution >= 4 is 17.6 Å². The summed E-state index contributed by atoms with van der Waals surface area (Å²) in [4.78, 5) is 9.00. The van der Waals surface area contributed by atoms with Gasteiger partial charge in [-0.25, -0.2) is 0 Å². The van der Waals surface area contributed by atoms with E-state index in [9.17, 15) is 0 Å². The van der Waals surface area contributed by atoms with Crippen LogP contribution < -0.4 is 5.73 Å². The molecule has 1 aromatic carbocycles. The van der Waals surface area contributed by atoms with Gasteiger partial charge in [0.05, 0.1) is 0 Å². The quantitative estimate of drug-likeness (QED) is 0.780. The van der Waals surface area contributed by atoms with Crippen molar-refractivity contribution in [2.75, 3.05) is 0 Å². The third kappa shape index (κ3) is 6.88. The summed E-state index contributed by atoms with van der Waals surface area (Å²) in [7, 11) is 0. The van der Waals surface area contributed by atoms with E-state index in [-0.39, 0.29) is 6.04 Å². The van der Waals surface area contributed by atoms with E-state index in [1.807, 2.05) is 24.3 Å². The van der Waals surface area contributed by atoms with Crippen LogP contribution in [0.1, 0.15) is 24.9 Å². The molecule has 0 saturated carbocycles. The molecule has 16 heavy (non-hydrogen) atoms. The summed E-state index contributed by atoms with van der Waals surface area (Å²) in [6.07, 6.45) is 5.70. The number of nitrogens with two attached hydrogens (primary N) is 1. The Morgan fingerprint density at radius 2 is 2.00 bits per heavy atom. The lowest BCUT2D eigenvalue weighted by molar-refractivity contribution is -0.134. The number of benzene rings is 1. The zero-order valence-corrected chi connectivity index (χ0v) is 9.74. The van der Waals surface area contributed by atoms with Crippen molar-refractivity contribution in [1.82, 2.24) is 0 Å². The van der Waals surface area contributed by atoms with E-state index < -0.39 is 5.97 Å². The van der Waals surface area contributed by atoms with E-state index in [0.29, 0.717) is 11.4 Å². The molecule has 1 atom stereocenters. The van der Waals surface area contributed by atoms with Crippen molar-refractivity contribution in [3.63, 3.8) is 0 Å². The minimum absolute atomic E-state index is 0.0766. The maximum Gasteiger partial charge on any atom is 0.300 e. The summed E-state index contributed by atoms with van der Waals surface area (Å²) in [5.41, 5.74) is 6.80. The van der Waals surface area contributed by atoms with E-state index in [1.54, 1.807) is 0 Å². The number of hydrogen-bond donors (Lipinski definition) is 2. The number of hydrogen-bond acceptors (Lipinski definition) is 2. The van der Waals surface area contributed by atoms with Crippen LogP contribution in [-0.2, 0) is 4.79 Å². The standard InChI is InChI=1S/C10H10ClN.C2H4O2/c1-2-3-10(12)8-4-6-9(11)7-5-8;1-2(3)4/h1,4-7,10H,3,12H2;1H3,(H,3,4). The van der Waals surface area contributed by atoms with Crippen LogP contribution in [0.2, 0.25) is 5.02 Å². The van der Waals surface area contributed by atoms with Crippen molar-refractivity contribution < 1.29 is 9.90 Å². The van der Waals surface area contributed by atoms with Gasteiger partial charge in [-0.2, -0.15) is 0 Å². The highest BCUT2D eigenvalue weighted by molar-refractivity contribution is 6.30. The van der Waals surface area contributed by atoms with Crippen LogP contribution in [0.3, 0.4) is 0 Å². The molecule has 0 spiro atoms. The first-order valence-corrected chi connectivity index (χ1v) is 4.99. The lowest BCUT2D eigenvalue weighted by atomic mass is 10.1. The molecule has 0 saturated heterocycles. The Labute approximate surface area is 100 Å². The van der Waals surface area contributed by atoms with E-state index in [4.69, 9.17) is 33.7 Å². The molecular formula is C12H14ClNO2. The van der Waals surface area contributed by atoms with Gasteiger partial charge in [0, 0.05) is 24.4 Å². The minimum Gasteiger partial charge on any atom is -0.481 e. The number of aliphatic carboxylic acids is 1. The normalized spacial score (nSPS) is 10.6. The molecule has 0 radical (unpaired) electrons. The van der Waals surface area contributed by atoms with Gasteiger partial charge in [0.15, 0.2) is 0 Å². The second-order valence-corrected chi connectivity index (χ2v) is 3.52. The Morgan fingerprint density at radius 1 is 1.56 bits per heavy atom. The summed E-state index contributed by atoms with van der Waals surface area (Å²) < 4.78 is 0. The summed E-state index contributed by atoms with van der Waals surface area (Å²) in [5, 5.41) is 8.13. The fraction of sp³-hybridized carbons (Fsp3) is 0.250. The van der Waals surface area contributed by atoms with Crippen molar-refractivity contribution in [3.8, 4) is 12.3 Å². The van der Waals surface area contributed by atoms with Crippen molar-refractivity contribution in [1.29, 1.82) is 0 Å². The van der Waals surface area contributed by atoms with Crippen LogP contribution in [0.25, 0.3) is 0 Å². The van der Waals surface area contributed by atoms with Crippen LogP contribution in [0.5, 0.6) is 0 Å². The highest BCUT2D eigenvalue weighted by Crippen LogP contribution is 2.16. The Morgan fingerprint density at radius 3 is 2.38 bits per heavy atom. The van der Waals surface area contributed by atoms with Gasteiger partial charge < -0.3 is 10.8 Å². The molecule has 0 bridgehead atoms. The van der Waals surface area contributed by atoms with Crippen molar-refractivity contribution in [2.45, 2.75) is 19.4 Å². The summed E-state index contributed by atoms with van der Waals surface area (Å²) >= 11 is 5.71. The van der Waals surface area contributed by atoms with E-state index in [0.717, 1.165) is 12.5 Å². The molecular weight excluding hydrogens is 226 g/mol. The molecule has 0 aliphatic heterocycles. The first kappa shape index (κ1) is 14.5. The molecule has 0 aliphatic carbocycles. The molecule has 1 unspecified atom stereocenters. The largest absolute Gasteiger partial charge is 0.481 e. The van der Waals surface area contributed by atoms with Crippen molar-refractivity contribution in [2.24, 2.45) is 5.73 Å². The van der Waals surface area contributed by atoms with Gasteiger partial charge in [0.25, 0.3) is 5.97 Å². The zero-order chi connectivity index (χ0) is 12.6. The molecule has 0 amide bonds. The van der Waals surface area contributed by atoms with E-state index in [1.165, 1.54) is 0 Å². The summed E-state index contributed by atoms with van der Waals surface area (Å²) in [5.74, 6) is 1.69. The molecule has 0 aromatic heterocycles. The third-order valence-electron chi connectivity index (χ3n) is 1.64. The lowest BCUT2D eigenvalue weighted by Gasteiger charge is -2.07. The average Bonchev–Trinajstić information content (AvgIpc) is 2.18. The molecule has 0 heterocycles. The molecule has 1 rings (SSSR count). The number of carboxylic acid groups (broad SMARTS) is 1. The summed E-state index contributed by atoms with van der Waals surface area (Å²) in [6.45, 7) is 1.08. The highest BCUT2D eigenvalue weighted by Gasteiger charge is 2.02. The molecule has 86 valence electrons. The smallest absolute Gasteiger partial charge is 0.300 e. The van der Waals surface area contributed by atoms with Crippen LogP contribution in [0.15, 0.2) is 24.3 Å². The topological polar surface area (TPSA) is 63.3 Å². The maximum absolute atomic E-state index is 9.00. The number of rotatable bonds is 2. The molecule has 3 nitrogen and oxygen atoms in total. The first-order chi connectivity index (χ1) is 7.47. The minimum atomic E-state index is -0.833. The van der Waals surface area contributed by atoms with Crippen LogP contribution in [0, 0.1) is 12.3 Å². The van der Waals surface area contributed by atoms with Gasteiger partial charge in [-0.15, -0.1) is 12.3 Å². The van der Waals surface area contributed by atoms with E-state index >= 15 is 0 Å². The number of carbonyl (C=O) groups is 1. The first-order valence-electron chi connectivity index (χ1n) is 4.61. The fourth-order valence-electron chi connectivity index (χ4n) is 0.955. The summed E-state index contributed by atoms with van der Waals surface area (Å²) in [6, 6.07) is 7.34. The van der Waals surface area contributed by atoms with Gasteiger partial charge in [0.1, 0.15) is 0 Å².